The monoisotopic (exact) mass is 146 g/mol. The molecule has 0 aliphatic carbocycles. The Morgan fingerprint density at radius 1 is 1.60 bits per heavy atom. The number of ether oxygens (including phenoxy) is 1. The Morgan fingerprint density at radius 2 is 2.20 bits per heavy atom. The van der Waals surface area contributed by atoms with Crippen molar-refractivity contribution in [3.05, 3.63) is 0 Å². The van der Waals surface area contributed by atoms with Gasteiger partial charge in [0.15, 0.2) is 0 Å². The summed E-state index contributed by atoms with van der Waals surface area (Å²) >= 11 is 0. The summed E-state index contributed by atoms with van der Waals surface area (Å²) in [7, 11) is 1.89. The van der Waals surface area contributed by atoms with Gasteiger partial charge in [0.25, 0.3) is 0 Å². The Kier molecular flexibility index (Phi) is 4.60. The summed E-state index contributed by atoms with van der Waals surface area (Å²) in [5.74, 6) is 0. The molecule has 10 heavy (non-hydrogen) atoms. The van der Waals surface area contributed by atoms with Crippen LogP contribution in [0.15, 0.2) is 0 Å². The molecule has 0 amide bonds. The van der Waals surface area contributed by atoms with Crippen molar-refractivity contribution in [2.45, 2.75) is 19.4 Å². The molecule has 1 atom stereocenters. The van der Waals surface area contributed by atoms with Crippen molar-refractivity contribution in [2.24, 2.45) is 5.73 Å². The van der Waals surface area contributed by atoms with Gasteiger partial charge in [-0.1, -0.05) is 0 Å². The smallest absolute Gasteiger partial charge is 0.0657 e. The average Bonchev–Trinajstić information content (AvgIpc) is 2.00. The first-order chi connectivity index (χ1) is 4.68. The second kappa shape index (κ2) is 4.66. The van der Waals surface area contributed by atoms with Crippen LogP contribution in [0, 0.1) is 0 Å². The van der Waals surface area contributed by atoms with E-state index in [-0.39, 0.29) is 5.54 Å². The molecule has 0 rings (SSSR count). The van der Waals surface area contributed by atoms with Gasteiger partial charge in [-0.3, -0.25) is 0 Å². The van der Waals surface area contributed by atoms with Crippen LogP contribution in [-0.2, 0) is 4.74 Å². The number of nitrogens with one attached hydrogen (secondary N) is 1. The highest BCUT2D eigenvalue weighted by atomic mass is 16.5. The van der Waals surface area contributed by atoms with E-state index in [1.807, 2.05) is 20.9 Å². The van der Waals surface area contributed by atoms with Gasteiger partial charge in [0.05, 0.1) is 12.1 Å². The van der Waals surface area contributed by atoms with Crippen molar-refractivity contribution in [2.75, 3.05) is 26.8 Å². The molecule has 0 aromatic carbocycles. The SMILES string of the molecule is CCOCC(C)(CN)NC. The molecule has 0 aliphatic rings. The second-order valence-electron chi connectivity index (χ2n) is 2.65. The standard InChI is InChI=1S/C7H18N2O/c1-4-10-6-7(2,5-8)9-3/h9H,4-6,8H2,1-3H3. The lowest BCUT2D eigenvalue weighted by Crippen LogP contribution is -2.50. The van der Waals surface area contributed by atoms with Crippen LogP contribution in [0.3, 0.4) is 0 Å². The maximum absolute atomic E-state index is 5.52. The van der Waals surface area contributed by atoms with E-state index in [4.69, 9.17) is 10.5 Å². The first-order valence-corrected chi connectivity index (χ1v) is 3.65. The Bertz CT molecular complexity index is 81.7. The minimum absolute atomic E-state index is 0.0595. The van der Waals surface area contributed by atoms with E-state index in [1.165, 1.54) is 0 Å². The highest BCUT2D eigenvalue weighted by Crippen LogP contribution is 1.99. The molecule has 1 unspecified atom stereocenters. The minimum atomic E-state index is -0.0595. The lowest BCUT2D eigenvalue weighted by atomic mass is 10.1. The quantitative estimate of drug-likeness (QED) is 0.572. The molecule has 0 spiro atoms. The highest BCUT2D eigenvalue weighted by molar-refractivity contribution is 4.81. The number of likely N-dealkylation sites (N-methyl/N-ethyl adjacent to an activating group) is 1. The average molecular weight is 146 g/mol. The summed E-state index contributed by atoms with van der Waals surface area (Å²) in [5.41, 5.74) is 5.46. The molecule has 0 fully saturated rings. The fraction of sp³-hybridized carbons (Fsp3) is 1.00. The largest absolute Gasteiger partial charge is 0.380 e. The molecule has 0 radical (unpaired) electrons. The van der Waals surface area contributed by atoms with Crippen molar-refractivity contribution >= 4 is 0 Å². The summed E-state index contributed by atoms with van der Waals surface area (Å²) in [6, 6.07) is 0. The topological polar surface area (TPSA) is 47.3 Å². The molecular weight excluding hydrogens is 128 g/mol. The molecule has 3 heteroatoms. The van der Waals surface area contributed by atoms with Gasteiger partial charge >= 0.3 is 0 Å². The van der Waals surface area contributed by atoms with Crippen molar-refractivity contribution in [3.8, 4) is 0 Å². The zero-order valence-corrected chi connectivity index (χ0v) is 7.11. The van der Waals surface area contributed by atoms with Crippen LogP contribution >= 0.6 is 0 Å². The lowest BCUT2D eigenvalue weighted by Gasteiger charge is -2.26. The molecule has 0 saturated carbocycles. The number of nitrogens with two attached hydrogens (primary N) is 1. The van der Waals surface area contributed by atoms with Gasteiger partial charge in [-0.15, -0.1) is 0 Å². The van der Waals surface area contributed by atoms with Crippen LogP contribution in [0.1, 0.15) is 13.8 Å². The predicted octanol–water partition coefficient (Wildman–Crippen LogP) is -0.0403. The second-order valence-corrected chi connectivity index (χ2v) is 2.65. The summed E-state index contributed by atoms with van der Waals surface area (Å²) in [6.07, 6.45) is 0. The van der Waals surface area contributed by atoms with Crippen molar-refractivity contribution in [1.82, 2.24) is 5.32 Å². The first kappa shape index (κ1) is 9.88. The third kappa shape index (κ3) is 3.15. The summed E-state index contributed by atoms with van der Waals surface area (Å²) < 4.78 is 5.24. The zero-order chi connectivity index (χ0) is 8.04. The third-order valence-corrected chi connectivity index (χ3v) is 1.68. The van der Waals surface area contributed by atoms with E-state index < -0.39 is 0 Å². The van der Waals surface area contributed by atoms with E-state index in [2.05, 4.69) is 5.32 Å². The number of rotatable bonds is 5. The van der Waals surface area contributed by atoms with Gasteiger partial charge in [-0.2, -0.15) is 0 Å². The minimum Gasteiger partial charge on any atom is -0.380 e. The molecular formula is C7H18N2O. The summed E-state index contributed by atoms with van der Waals surface area (Å²) in [4.78, 5) is 0. The zero-order valence-electron chi connectivity index (χ0n) is 7.11. The van der Waals surface area contributed by atoms with E-state index in [0.717, 1.165) is 6.61 Å². The lowest BCUT2D eigenvalue weighted by molar-refractivity contribution is 0.0913. The van der Waals surface area contributed by atoms with E-state index in [9.17, 15) is 0 Å². The molecule has 0 aromatic rings. The fourth-order valence-corrected chi connectivity index (χ4v) is 0.560. The fourth-order valence-electron chi connectivity index (χ4n) is 0.560. The summed E-state index contributed by atoms with van der Waals surface area (Å²) in [5, 5.41) is 3.11. The van der Waals surface area contributed by atoms with E-state index in [1.54, 1.807) is 0 Å². The highest BCUT2D eigenvalue weighted by Gasteiger charge is 2.18. The van der Waals surface area contributed by atoms with Gasteiger partial charge in [-0.05, 0) is 20.9 Å². The number of hydrogen-bond acceptors (Lipinski definition) is 3. The van der Waals surface area contributed by atoms with Crippen molar-refractivity contribution in [1.29, 1.82) is 0 Å². The van der Waals surface area contributed by atoms with Crippen LogP contribution in [0.5, 0.6) is 0 Å². The molecule has 3 nitrogen and oxygen atoms in total. The van der Waals surface area contributed by atoms with E-state index >= 15 is 0 Å². The molecule has 0 bridgehead atoms. The Hall–Kier alpha value is -0.120. The van der Waals surface area contributed by atoms with Gasteiger partial charge in [0.1, 0.15) is 0 Å². The maximum Gasteiger partial charge on any atom is 0.0657 e. The van der Waals surface area contributed by atoms with Gasteiger partial charge in [0.2, 0.25) is 0 Å². The van der Waals surface area contributed by atoms with Crippen LogP contribution in [-0.4, -0.2) is 32.3 Å². The maximum atomic E-state index is 5.52. The van der Waals surface area contributed by atoms with Gasteiger partial charge in [-0.25, -0.2) is 0 Å². The Balaban J connectivity index is 3.58. The molecule has 0 aromatic heterocycles. The predicted molar refractivity (Wildman–Crippen MR) is 43.0 cm³/mol. The van der Waals surface area contributed by atoms with Crippen LogP contribution in [0.25, 0.3) is 0 Å². The molecule has 0 heterocycles. The normalized spacial score (nSPS) is 16.8. The third-order valence-electron chi connectivity index (χ3n) is 1.68. The first-order valence-electron chi connectivity index (χ1n) is 3.65. The Labute approximate surface area is 62.9 Å². The van der Waals surface area contributed by atoms with Crippen LogP contribution < -0.4 is 11.1 Å². The van der Waals surface area contributed by atoms with Crippen LogP contribution in [0.2, 0.25) is 0 Å². The molecule has 3 N–H and O–H groups in total. The molecule has 0 saturated heterocycles. The van der Waals surface area contributed by atoms with E-state index in [0.29, 0.717) is 13.2 Å². The molecule has 62 valence electrons. The van der Waals surface area contributed by atoms with Gasteiger partial charge in [0, 0.05) is 13.2 Å². The van der Waals surface area contributed by atoms with Crippen molar-refractivity contribution in [3.63, 3.8) is 0 Å². The number of hydrogen-bond donors (Lipinski definition) is 2. The Morgan fingerprint density at radius 3 is 2.50 bits per heavy atom. The van der Waals surface area contributed by atoms with Crippen LogP contribution in [0.4, 0.5) is 0 Å². The van der Waals surface area contributed by atoms with Crippen molar-refractivity contribution < 1.29 is 4.74 Å². The van der Waals surface area contributed by atoms with Gasteiger partial charge < -0.3 is 15.8 Å². The summed E-state index contributed by atoms with van der Waals surface area (Å²) in [6.45, 7) is 6.05. The molecule has 0 aliphatic heterocycles.